The summed E-state index contributed by atoms with van der Waals surface area (Å²) in [6.07, 6.45) is 0.844. The molecule has 0 aliphatic carbocycles. The zero-order chi connectivity index (χ0) is 13.5. The van der Waals surface area contributed by atoms with Gasteiger partial charge in [-0.2, -0.15) is 0 Å². The van der Waals surface area contributed by atoms with Gasteiger partial charge in [0.05, 0.1) is 6.42 Å². The van der Waals surface area contributed by atoms with Crippen LogP contribution in [0.25, 0.3) is 0 Å². The van der Waals surface area contributed by atoms with Crippen LogP contribution < -0.4 is 0 Å². The van der Waals surface area contributed by atoms with Crippen molar-refractivity contribution in [1.29, 1.82) is 0 Å². The predicted octanol–water partition coefficient (Wildman–Crippen LogP) is 1.99. The van der Waals surface area contributed by atoms with Crippen molar-refractivity contribution >= 4 is 5.91 Å². The van der Waals surface area contributed by atoms with Crippen LogP contribution in [0.3, 0.4) is 0 Å². The molecule has 0 heterocycles. The van der Waals surface area contributed by atoms with Gasteiger partial charge in [0.15, 0.2) is 0 Å². The van der Waals surface area contributed by atoms with Gasteiger partial charge < -0.3 is 10.0 Å². The molecule has 1 aromatic carbocycles. The monoisotopic (exact) mass is 253 g/mol. The van der Waals surface area contributed by atoms with Crippen molar-refractivity contribution in [2.75, 3.05) is 13.2 Å². The Labute approximate surface area is 107 Å². The molecule has 3 nitrogen and oxygen atoms in total. The minimum Gasteiger partial charge on any atom is -0.396 e. The number of aliphatic hydroxyl groups excluding tert-OH is 1. The highest BCUT2D eigenvalue weighted by Gasteiger charge is 2.16. The van der Waals surface area contributed by atoms with Gasteiger partial charge in [-0.1, -0.05) is 12.1 Å². The average Bonchev–Trinajstić information content (AvgIpc) is 2.32. The molecule has 1 aromatic rings. The Morgan fingerprint density at radius 1 is 1.33 bits per heavy atom. The van der Waals surface area contributed by atoms with Crippen LogP contribution in [0.5, 0.6) is 0 Å². The Kier molecular flexibility index (Phi) is 5.78. The van der Waals surface area contributed by atoms with Crippen LogP contribution in [0.4, 0.5) is 4.39 Å². The maximum atomic E-state index is 12.8. The van der Waals surface area contributed by atoms with Crippen LogP contribution >= 0.6 is 0 Å². The lowest BCUT2D eigenvalue weighted by Crippen LogP contribution is -2.39. The van der Waals surface area contributed by atoms with Crippen molar-refractivity contribution < 1.29 is 14.3 Å². The van der Waals surface area contributed by atoms with E-state index in [0.717, 1.165) is 5.56 Å². The fourth-order valence-electron chi connectivity index (χ4n) is 1.79. The van der Waals surface area contributed by atoms with Gasteiger partial charge >= 0.3 is 0 Å². The first-order chi connectivity index (χ1) is 8.54. The summed E-state index contributed by atoms with van der Waals surface area (Å²) in [6.45, 7) is 4.51. The zero-order valence-electron chi connectivity index (χ0n) is 10.9. The number of amides is 1. The third-order valence-corrected chi connectivity index (χ3v) is 2.77. The lowest BCUT2D eigenvalue weighted by molar-refractivity contribution is -0.132. The standard InChI is InChI=1S/C14H20FNO2/c1-11(2)16(8-3-9-17)14(18)10-12-4-6-13(15)7-5-12/h4-7,11,17H,3,8-10H2,1-2H3. The predicted molar refractivity (Wildman–Crippen MR) is 68.7 cm³/mol. The number of halogens is 1. The topological polar surface area (TPSA) is 40.5 Å². The molecule has 0 fully saturated rings. The maximum Gasteiger partial charge on any atom is 0.227 e. The molecule has 0 unspecified atom stereocenters. The second kappa shape index (κ2) is 7.11. The van der Waals surface area contributed by atoms with E-state index >= 15 is 0 Å². The van der Waals surface area contributed by atoms with Crippen LogP contribution in [0.15, 0.2) is 24.3 Å². The molecule has 0 aliphatic heterocycles. The summed E-state index contributed by atoms with van der Waals surface area (Å²) in [5.41, 5.74) is 0.802. The molecule has 0 bridgehead atoms. The van der Waals surface area contributed by atoms with Gasteiger partial charge in [-0.25, -0.2) is 4.39 Å². The molecule has 1 N–H and O–H groups in total. The molecule has 0 saturated heterocycles. The van der Waals surface area contributed by atoms with E-state index in [4.69, 9.17) is 5.11 Å². The highest BCUT2D eigenvalue weighted by atomic mass is 19.1. The van der Waals surface area contributed by atoms with Crippen LogP contribution in [0.1, 0.15) is 25.8 Å². The number of hydrogen-bond acceptors (Lipinski definition) is 2. The number of rotatable bonds is 6. The lowest BCUT2D eigenvalue weighted by Gasteiger charge is -2.26. The fraction of sp³-hybridized carbons (Fsp3) is 0.500. The van der Waals surface area contributed by atoms with Crippen molar-refractivity contribution in [2.45, 2.75) is 32.7 Å². The summed E-state index contributed by atoms with van der Waals surface area (Å²) >= 11 is 0. The summed E-state index contributed by atoms with van der Waals surface area (Å²) in [5.74, 6) is -0.294. The number of benzene rings is 1. The molecule has 1 amide bonds. The van der Waals surface area contributed by atoms with Crippen LogP contribution in [-0.4, -0.2) is 35.1 Å². The first kappa shape index (κ1) is 14.6. The molecule has 4 heteroatoms. The van der Waals surface area contributed by atoms with Gasteiger partial charge in [-0.3, -0.25) is 4.79 Å². The van der Waals surface area contributed by atoms with E-state index in [9.17, 15) is 9.18 Å². The number of hydrogen-bond donors (Lipinski definition) is 1. The maximum absolute atomic E-state index is 12.8. The lowest BCUT2D eigenvalue weighted by atomic mass is 10.1. The second-order valence-corrected chi connectivity index (χ2v) is 4.56. The number of nitrogens with zero attached hydrogens (tertiary/aromatic N) is 1. The van der Waals surface area contributed by atoms with Crippen molar-refractivity contribution in [3.8, 4) is 0 Å². The Morgan fingerprint density at radius 2 is 1.94 bits per heavy atom. The number of carbonyl (C=O) groups excluding carboxylic acids is 1. The highest BCUT2D eigenvalue weighted by molar-refractivity contribution is 5.79. The summed E-state index contributed by atoms with van der Waals surface area (Å²) < 4.78 is 12.8. The normalized spacial score (nSPS) is 10.7. The van der Waals surface area contributed by atoms with E-state index in [1.165, 1.54) is 12.1 Å². The number of carbonyl (C=O) groups is 1. The highest BCUT2D eigenvalue weighted by Crippen LogP contribution is 2.08. The summed E-state index contributed by atoms with van der Waals surface area (Å²) in [4.78, 5) is 13.8. The third kappa shape index (κ3) is 4.45. The van der Waals surface area contributed by atoms with E-state index in [2.05, 4.69) is 0 Å². The third-order valence-electron chi connectivity index (χ3n) is 2.77. The molecular formula is C14H20FNO2. The van der Waals surface area contributed by atoms with Gasteiger partial charge in [-0.15, -0.1) is 0 Å². The Morgan fingerprint density at radius 3 is 2.44 bits per heavy atom. The minimum atomic E-state index is -0.299. The molecule has 0 atom stereocenters. The zero-order valence-corrected chi connectivity index (χ0v) is 10.9. The Balaban J connectivity index is 2.63. The van der Waals surface area contributed by atoms with Gasteiger partial charge in [0, 0.05) is 19.2 Å². The smallest absolute Gasteiger partial charge is 0.227 e. The quantitative estimate of drug-likeness (QED) is 0.842. The summed E-state index contributed by atoms with van der Waals surface area (Å²) in [7, 11) is 0. The molecule has 1 rings (SSSR count). The van der Waals surface area contributed by atoms with Crippen LogP contribution in [-0.2, 0) is 11.2 Å². The molecule has 0 aromatic heterocycles. The van der Waals surface area contributed by atoms with E-state index < -0.39 is 0 Å². The SMILES string of the molecule is CC(C)N(CCCO)C(=O)Cc1ccc(F)cc1. The van der Waals surface area contributed by atoms with Gasteiger partial charge in [0.25, 0.3) is 0 Å². The van der Waals surface area contributed by atoms with Crippen molar-refractivity contribution in [3.63, 3.8) is 0 Å². The molecule has 0 saturated carbocycles. The fourth-order valence-corrected chi connectivity index (χ4v) is 1.79. The van der Waals surface area contributed by atoms with Crippen molar-refractivity contribution in [1.82, 2.24) is 4.90 Å². The van der Waals surface area contributed by atoms with E-state index in [-0.39, 0.29) is 30.8 Å². The van der Waals surface area contributed by atoms with Crippen LogP contribution in [0.2, 0.25) is 0 Å². The Bertz CT molecular complexity index is 376. The van der Waals surface area contributed by atoms with E-state index in [1.807, 2.05) is 13.8 Å². The summed E-state index contributed by atoms with van der Waals surface area (Å²) in [5, 5.41) is 8.82. The molecule has 0 radical (unpaired) electrons. The molecule has 100 valence electrons. The first-order valence-corrected chi connectivity index (χ1v) is 6.19. The van der Waals surface area contributed by atoms with E-state index in [0.29, 0.717) is 13.0 Å². The molecular weight excluding hydrogens is 233 g/mol. The van der Waals surface area contributed by atoms with Crippen molar-refractivity contribution in [2.24, 2.45) is 0 Å². The average molecular weight is 253 g/mol. The largest absolute Gasteiger partial charge is 0.396 e. The van der Waals surface area contributed by atoms with Crippen molar-refractivity contribution in [3.05, 3.63) is 35.6 Å². The molecule has 0 aliphatic rings. The van der Waals surface area contributed by atoms with E-state index in [1.54, 1.807) is 17.0 Å². The minimum absolute atomic E-state index is 0.00468. The van der Waals surface area contributed by atoms with Crippen LogP contribution in [0, 0.1) is 5.82 Å². The summed E-state index contributed by atoms with van der Waals surface area (Å²) in [6, 6.07) is 6.06. The van der Waals surface area contributed by atoms with Gasteiger partial charge in [0.2, 0.25) is 5.91 Å². The number of aliphatic hydroxyl groups is 1. The van der Waals surface area contributed by atoms with Gasteiger partial charge in [0.1, 0.15) is 5.82 Å². The van der Waals surface area contributed by atoms with Gasteiger partial charge in [-0.05, 0) is 38.0 Å². The second-order valence-electron chi connectivity index (χ2n) is 4.56. The molecule has 0 spiro atoms. The molecule has 18 heavy (non-hydrogen) atoms. The Hall–Kier alpha value is -1.42. The first-order valence-electron chi connectivity index (χ1n) is 6.19.